The van der Waals surface area contributed by atoms with Gasteiger partial charge in [0.25, 0.3) is 0 Å². The van der Waals surface area contributed by atoms with Crippen molar-refractivity contribution in [3.63, 3.8) is 0 Å². The van der Waals surface area contributed by atoms with Gasteiger partial charge < -0.3 is 5.32 Å². The lowest BCUT2D eigenvalue weighted by atomic mass is 9.83. The SMILES string of the molecule is Cc1ccc2c3c1N(NC1=NCCN1)CC3CCC2. The molecule has 1 aliphatic carbocycles. The van der Waals surface area contributed by atoms with Crippen LogP contribution >= 0.6 is 0 Å². The molecule has 0 bridgehead atoms. The van der Waals surface area contributed by atoms with Crippen LogP contribution in [-0.2, 0) is 6.42 Å². The van der Waals surface area contributed by atoms with Gasteiger partial charge in [-0.15, -0.1) is 0 Å². The van der Waals surface area contributed by atoms with Crippen LogP contribution in [0.2, 0.25) is 0 Å². The van der Waals surface area contributed by atoms with Crippen molar-refractivity contribution in [1.29, 1.82) is 0 Å². The Bertz CT molecular complexity index is 549. The van der Waals surface area contributed by atoms with Gasteiger partial charge in [0, 0.05) is 19.0 Å². The fourth-order valence-electron chi connectivity index (χ4n) is 3.67. The van der Waals surface area contributed by atoms with Crippen LogP contribution in [0, 0.1) is 6.92 Å². The van der Waals surface area contributed by atoms with Crippen molar-refractivity contribution in [1.82, 2.24) is 10.7 Å². The molecule has 2 aliphatic heterocycles. The van der Waals surface area contributed by atoms with Crippen LogP contribution in [0.5, 0.6) is 0 Å². The highest BCUT2D eigenvalue weighted by Crippen LogP contribution is 2.45. The van der Waals surface area contributed by atoms with E-state index in [-0.39, 0.29) is 0 Å². The van der Waals surface area contributed by atoms with Crippen LogP contribution in [0.1, 0.15) is 35.4 Å². The second-order valence-corrected chi connectivity index (χ2v) is 5.77. The summed E-state index contributed by atoms with van der Waals surface area (Å²) in [5.74, 6) is 1.63. The maximum Gasteiger partial charge on any atom is 0.210 e. The molecule has 3 aliphatic rings. The van der Waals surface area contributed by atoms with Crippen LogP contribution < -0.4 is 15.8 Å². The molecule has 1 atom stereocenters. The summed E-state index contributed by atoms with van der Waals surface area (Å²) in [6.45, 7) is 5.12. The van der Waals surface area contributed by atoms with Crippen molar-refractivity contribution in [3.05, 3.63) is 28.8 Å². The molecular weight excluding hydrogens is 236 g/mol. The standard InChI is InChI=1S/C15H20N4/c1-10-5-6-11-3-2-4-12-9-19(14(10)13(11)12)18-15-16-7-8-17-15/h5-6,12H,2-4,7-9H2,1H3,(H2,16,17,18). The van der Waals surface area contributed by atoms with E-state index >= 15 is 0 Å². The number of aliphatic imine (C=N–C) groups is 1. The molecule has 1 aromatic rings. The Morgan fingerprint density at radius 2 is 2.37 bits per heavy atom. The zero-order valence-corrected chi connectivity index (χ0v) is 11.4. The maximum atomic E-state index is 4.44. The molecule has 19 heavy (non-hydrogen) atoms. The van der Waals surface area contributed by atoms with Gasteiger partial charge >= 0.3 is 0 Å². The number of nitrogens with one attached hydrogen (secondary N) is 2. The van der Waals surface area contributed by atoms with E-state index < -0.39 is 0 Å². The van der Waals surface area contributed by atoms with Gasteiger partial charge in [0.05, 0.1) is 12.2 Å². The lowest BCUT2D eigenvalue weighted by Crippen LogP contribution is -2.46. The molecule has 4 heteroatoms. The van der Waals surface area contributed by atoms with E-state index in [1.807, 2.05) is 0 Å². The van der Waals surface area contributed by atoms with Crippen LogP contribution in [0.4, 0.5) is 5.69 Å². The molecule has 1 aromatic carbocycles. The number of hydrogen-bond acceptors (Lipinski definition) is 4. The third-order valence-corrected chi connectivity index (χ3v) is 4.50. The van der Waals surface area contributed by atoms with Gasteiger partial charge in [-0.1, -0.05) is 12.1 Å². The summed E-state index contributed by atoms with van der Waals surface area (Å²) in [6, 6.07) is 4.59. The quantitative estimate of drug-likeness (QED) is 0.803. The number of rotatable bonds is 1. The van der Waals surface area contributed by atoms with E-state index in [0.717, 1.165) is 25.6 Å². The van der Waals surface area contributed by atoms with Gasteiger partial charge in [0.15, 0.2) is 0 Å². The minimum absolute atomic E-state index is 0.702. The molecular formula is C15H20N4. The molecule has 0 amide bonds. The number of anilines is 1. The van der Waals surface area contributed by atoms with Gasteiger partial charge in [0.2, 0.25) is 5.96 Å². The predicted molar refractivity (Wildman–Crippen MR) is 77.6 cm³/mol. The minimum atomic E-state index is 0.702. The molecule has 4 nitrogen and oxygen atoms in total. The zero-order chi connectivity index (χ0) is 12.8. The Labute approximate surface area is 113 Å². The third-order valence-electron chi connectivity index (χ3n) is 4.50. The molecule has 1 unspecified atom stereocenters. The Morgan fingerprint density at radius 3 is 3.21 bits per heavy atom. The summed E-state index contributed by atoms with van der Waals surface area (Å²) in [4.78, 5) is 4.44. The van der Waals surface area contributed by atoms with E-state index in [9.17, 15) is 0 Å². The third kappa shape index (κ3) is 1.70. The number of aryl methyl sites for hydroxylation is 2. The monoisotopic (exact) mass is 256 g/mol. The van der Waals surface area contributed by atoms with Gasteiger partial charge in [-0.3, -0.25) is 15.4 Å². The summed E-state index contributed by atoms with van der Waals surface area (Å²) in [6.07, 6.45) is 3.89. The maximum absolute atomic E-state index is 4.44. The predicted octanol–water partition coefficient (Wildman–Crippen LogP) is 1.70. The molecule has 0 radical (unpaired) electrons. The summed E-state index contributed by atoms with van der Waals surface area (Å²) >= 11 is 0. The average Bonchev–Trinajstić information content (AvgIpc) is 3.03. The highest BCUT2D eigenvalue weighted by Gasteiger charge is 2.34. The second-order valence-electron chi connectivity index (χ2n) is 5.77. The fraction of sp³-hybridized carbons (Fsp3) is 0.533. The Kier molecular flexibility index (Phi) is 2.43. The molecule has 0 spiro atoms. The lowest BCUT2D eigenvalue weighted by Gasteiger charge is -2.23. The first-order valence-electron chi connectivity index (χ1n) is 7.28. The summed E-state index contributed by atoms with van der Waals surface area (Å²) in [5, 5.41) is 5.60. The van der Waals surface area contributed by atoms with Crippen molar-refractivity contribution in [2.45, 2.75) is 32.1 Å². The normalized spacial score (nSPS) is 23.9. The largest absolute Gasteiger partial charge is 0.353 e. The first-order valence-corrected chi connectivity index (χ1v) is 7.28. The topological polar surface area (TPSA) is 39.7 Å². The van der Waals surface area contributed by atoms with Crippen LogP contribution in [-0.4, -0.2) is 25.6 Å². The van der Waals surface area contributed by atoms with Crippen molar-refractivity contribution < 1.29 is 0 Å². The first kappa shape index (κ1) is 11.1. The average molecular weight is 256 g/mol. The Balaban J connectivity index is 1.72. The fourth-order valence-corrected chi connectivity index (χ4v) is 3.67. The molecule has 4 rings (SSSR count). The molecule has 0 aromatic heterocycles. The Hall–Kier alpha value is -1.71. The molecule has 0 fully saturated rings. The number of benzene rings is 1. The number of hydrazine groups is 1. The van der Waals surface area contributed by atoms with E-state index in [1.165, 1.54) is 30.5 Å². The van der Waals surface area contributed by atoms with Crippen molar-refractivity contribution >= 4 is 11.6 Å². The van der Waals surface area contributed by atoms with Crippen molar-refractivity contribution in [3.8, 4) is 0 Å². The smallest absolute Gasteiger partial charge is 0.210 e. The van der Waals surface area contributed by atoms with Crippen LogP contribution in [0.3, 0.4) is 0 Å². The number of nitrogens with zero attached hydrogens (tertiary/aromatic N) is 2. The van der Waals surface area contributed by atoms with E-state index in [1.54, 1.807) is 11.1 Å². The van der Waals surface area contributed by atoms with E-state index in [4.69, 9.17) is 0 Å². The lowest BCUT2D eigenvalue weighted by molar-refractivity contribution is 0.566. The van der Waals surface area contributed by atoms with Crippen molar-refractivity contribution in [2.24, 2.45) is 4.99 Å². The molecule has 100 valence electrons. The highest BCUT2D eigenvalue weighted by molar-refractivity contribution is 5.84. The summed E-state index contributed by atoms with van der Waals surface area (Å²) in [5.41, 5.74) is 9.39. The van der Waals surface area contributed by atoms with E-state index in [2.05, 4.69) is 39.8 Å². The Morgan fingerprint density at radius 1 is 1.42 bits per heavy atom. The van der Waals surface area contributed by atoms with Gasteiger partial charge in [-0.2, -0.15) is 0 Å². The van der Waals surface area contributed by atoms with Crippen LogP contribution in [0.15, 0.2) is 17.1 Å². The second kappa shape index (κ2) is 4.15. The molecule has 0 saturated heterocycles. The number of guanidine groups is 1. The summed E-state index contributed by atoms with van der Waals surface area (Å²) < 4.78 is 0. The van der Waals surface area contributed by atoms with E-state index in [0.29, 0.717) is 5.92 Å². The van der Waals surface area contributed by atoms with Crippen molar-refractivity contribution in [2.75, 3.05) is 24.6 Å². The molecule has 2 N–H and O–H groups in total. The first-order chi connectivity index (χ1) is 9.33. The highest BCUT2D eigenvalue weighted by atomic mass is 15.6. The number of hydrogen-bond donors (Lipinski definition) is 2. The van der Waals surface area contributed by atoms with Gasteiger partial charge in [-0.05, 0) is 42.9 Å². The molecule has 0 saturated carbocycles. The minimum Gasteiger partial charge on any atom is -0.353 e. The molecule has 2 heterocycles. The van der Waals surface area contributed by atoms with Gasteiger partial charge in [0.1, 0.15) is 0 Å². The van der Waals surface area contributed by atoms with Gasteiger partial charge in [-0.25, -0.2) is 0 Å². The summed E-state index contributed by atoms with van der Waals surface area (Å²) in [7, 11) is 0. The zero-order valence-electron chi connectivity index (χ0n) is 11.4. The van der Waals surface area contributed by atoms with Crippen LogP contribution in [0.25, 0.3) is 0 Å².